The van der Waals surface area contributed by atoms with Gasteiger partial charge in [0.15, 0.2) is 0 Å². The first-order chi connectivity index (χ1) is 14.7. The van der Waals surface area contributed by atoms with Gasteiger partial charge in [-0.15, -0.1) is 0 Å². The molecule has 1 atom stereocenters. The molecule has 3 N–H and O–H groups in total. The fourth-order valence-electron chi connectivity index (χ4n) is 2.85. The van der Waals surface area contributed by atoms with Crippen LogP contribution in [0.1, 0.15) is 36.2 Å². The van der Waals surface area contributed by atoms with E-state index in [9.17, 15) is 18.0 Å². The van der Waals surface area contributed by atoms with Crippen LogP contribution in [-0.4, -0.2) is 44.3 Å². The van der Waals surface area contributed by atoms with Crippen LogP contribution in [0, 0.1) is 0 Å². The molecule has 168 valence electrons. The lowest BCUT2D eigenvalue weighted by molar-refractivity contribution is -0.123. The molecular weight excluding hydrogens is 434 g/mol. The van der Waals surface area contributed by atoms with Gasteiger partial charge in [-0.05, 0) is 62.1 Å². The van der Waals surface area contributed by atoms with Gasteiger partial charge in [0, 0.05) is 18.2 Å². The summed E-state index contributed by atoms with van der Waals surface area (Å²) in [6.07, 6.45) is 2.42. The molecule has 0 bridgehead atoms. The Hall–Kier alpha value is -2.36. The molecule has 2 amide bonds. The highest BCUT2D eigenvalue weighted by atomic mass is 32.2. The Balaban J connectivity index is 2.05. The zero-order valence-electron chi connectivity index (χ0n) is 17.9. The Labute approximate surface area is 188 Å². The van der Waals surface area contributed by atoms with Crippen molar-refractivity contribution in [2.24, 2.45) is 0 Å². The Morgan fingerprint density at radius 1 is 1.03 bits per heavy atom. The van der Waals surface area contributed by atoms with Crippen molar-refractivity contribution < 1.29 is 18.0 Å². The Morgan fingerprint density at radius 3 is 2.39 bits per heavy atom. The fraction of sp³-hybridized carbons (Fsp3) is 0.364. The van der Waals surface area contributed by atoms with Gasteiger partial charge < -0.3 is 10.6 Å². The van der Waals surface area contributed by atoms with Crippen molar-refractivity contribution in [1.29, 1.82) is 0 Å². The monoisotopic (exact) mass is 463 g/mol. The van der Waals surface area contributed by atoms with Gasteiger partial charge in [-0.25, -0.2) is 13.1 Å². The van der Waals surface area contributed by atoms with Gasteiger partial charge in [0.05, 0.1) is 4.90 Å². The van der Waals surface area contributed by atoms with Crippen LogP contribution < -0.4 is 15.4 Å². The molecule has 0 saturated heterocycles. The highest BCUT2D eigenvalue weighted by Gasteiger charge is 2.21. The van der Waals surface area contributed by atoms with E-state index in [1.54, 1.807) is 62.0 Å². The second-order valence-electron chi connectivity index (χ2n) is 7.31. The van der Waals surface area contributed by atoms with Gasteiger partial charge in [0.1, 0.15) is 6.04 Å². The van der Waals surface area contributed by atoms with Crippen LogP contribution in [0.2, 0.25) is 0 Å². The lowest BCUT2D eigenvalue weighted by Gasteiger charge is -2.18. The molecule has 7 nitrogen and oxygen atoms in total. The van der Waals surface area contributed by atoms with Crippen molar-refractivity contribution in [2.75, 3.05) is 12.0 Å². The number of amides is 2. The number of nitrogens with one attached hydrogen (secondary N) is 3. The average Bonchev–Trinajstić information content (AvgIpc) is 2.74. The Bertz CT molecular complexity index is 979. The summed E-state index contributed by atoms with van der Waals surface area (Å²) >= 11 is 1.59. The first kappa shape index (κ1) is 24.9. The Morgan fingerprint density at radius 2 is 1.74 bits per heavy atom. The number of rotatable bonds is 11. The minimum Gasteiger partial charge on any atom is -0.350 e. The van der Waals surface area contributed by atoms with Crippen molar-refractivity contribution in [3.8, 4) is 0 Å². The standard InChI is InChI=1S/C22H29N3O4S2/c1-16(2)25-31(28,29)19-11-7-8-17(14-19)15-23-22(27)20(12-13-30-3)24-21(26)18-9-5-4-6-10-18/h4-11,14,16,20,25H,12-13,15H2,1-3H3,(H,23,27)(H,24,26). The maximum Gasteiger partial charge on any atom is 0.251 e. The van der Waals surface area contributed by atoms with E-state index in [1.807, 2.05) is 12.3 Å². The van der Waals surface area contributed by atoms with Crippen molar-refractivity contribution in [2.45, 2.75) is 43.8 Å². The molecule has 0 aromatic heterocycles. The number of sulfonamides is 1. The molecule has 0 fully saturated rings. The van der Waals surface area contributed by atoms with Gasteiger partial charge in [-0.3, -0.25) is 9.59 Å². The van der Waals surface area contributed by atoms with E-state index in [0.717, 1.165) is 0 Å². The summed E-state index contributed by atoms with van der Waals surface area (Å²) in [6.45, 7) is 3.65. The van der Waals surface area contributed by atoms with Crippen LogP contribution in [0.4, 0.5) is 0 Å². The smallest absolute Gasteiger partial charge is 0.251 e. The van der Waals surface area contributed by atoms with E-state index in [-0.39, 0.29) is 29.3 Å². The number of carbonyl (C=O) groups excluding carboxylic acids is 2. The summed E-state index contributed by atoms with van der Waals surface area (Å²) in [6, 6.07) is 14.2. The van der Waals surface area contributed by atoms with Gasteiger partial charge in [0.2, 0.25) is 15.9 Å². The third-order valence-electron chi connectivity index (χ3n) is 4.33. The third-order valence-corrected chi connectivity index (χ3v) is 6.63. The predicted octanol–water partition coefficient (Wildman–Crippen LogP) is 2.54. The van der Waals surface area contributed by atoms with E-state index >= 15 is 0 Å². The summed E-state index contributed by atoms with van der Waals surface area (Å²) in [5.74, 6) is 0.0866. The number of benzene rings is 2. The lowest BCUT2D eigenvalue weighted by Crippen LogP contribution is -2.46. The van der Waals surface area contributed by atoms with Crippen molar-refractivity contribution >= 4 is 33.6 Å². The lowest BCUT2D eigenvalue weighted by atomic mass is 10.1. The molecular formula is C22H29N3O4S2. The van der Waals surface area contributed by atoms with Crippen LogP contribution in [0.15, 0.2) is 59.5 Å². The SMILES string of the molecule is CSCCC(NC(=O)c1ccccc1)C(=O)NCc1cccc(S(=O)(=O)NC(C)C)c1. The number of carbonyl (C=O) groups is 2. The highest BCUT2D eigenvalue weighted by Crippen LogP contribution is 2.12. The fourth-order valence-corrected chi connectivity index (χ4v) is 4.64. The number of hydrogen-bond donors (Lipinski definition) is 3. The molecule has 2 aromatic rings. The summed E-state index contributed by atoms with van der Waals surface area (Å²) in [5, 5.41) is 5.60. The van der Waals surface area contributed by atoms with E-state index in [1.165, 1.54) is 12.1 Å². The van der Waals surface area contributed by atoms with Crippen molar-refractivity contribution in [1.82, 2.24) is 15.4 Å². The molecule has 2 aromatic carbocycles. The van der Waals surface area contributed by atoms with Crippen molar-refractivity contribution in [3.63, 3.8) is 0 Å². The highest BCUT2D eigenvalue weighted by molar-refractivity contribution is 7.98. The maximum atomic E-state index is 12.8. The summed E-state index contributed by atoms with van der Waals surface area (Å²) in [7, 11) is -3.62. The molecule has 1 unspecified atom stereocenters. The molecule has 0 radical (unpaired) electrons. The zero-order valence-corrected chi connectivity index (χ0v) is 19.6. The quantitative estimate of drug-likeness (QED) is 0.475. The van der Waals surface area contributed by atoms with E-state index < -0.39 is 16.1 Å². The summed E-state index contributed by atoms with van der Waals surface area (Å²) in [4.78, 5) is 25.4. The third kappa shape index (κ3) is 8.01. The molecule has 9 heteroatoms. The predicted molar refractivity (Wildman–Crippen MR) is 124 cm³/mol. The van der Waals surface area contributed by atoms with Crippen LogP contribution in [0.25, 0.3) is 0 Å². The average molecular weight is 464 g/mol. The molecule has 0 heterocycles. The molecule has 0 aliphatic heterocycles. The first-order valence-corrected chi connectivity index (χ1v) is 12.8. The molecule has 2 rings (SSSR count). The minimum atomic E-state index is -3.62. The second-order valence-corrected chi connectivity index (χ2v) is 10.0. The van der Waals surface area contributed by atoms with Crippen LogP contribution in [-0.2, 0) is 21.4 Å². The summed E-state index contributed by atoms with van der Waals surface area (Å²) < 4.78 is 27.3. The minimum absolute atomic E-state index is 0.143. The van der Waals surface area contributed by atoms with E-state index in [0.29, 0.717) is 23.3 Å². The second kappa shape index (κ2) is 11.9. The van der Waals surface area contributed by atoms with E-state index in [4.69, 9.17) is 0 Å². The molecule has 31 heavy (non-hydrogen) atoms. The molecule has 0 saturated carbocycles. The normalized spacial score (nSPS) is 12.4. The topological polar surface area (TPSA) is 104 Å². The maximum absolute atomic E-state index is 12.8. The van der Waals surface area contributed by atoms with Gasteiger partial charge >= 0.3 is 0 Å². The van der Waals surface area contributed by atoms with Crippen LogP contribution in [0.3, 0.4) is 0 Å². The molecule has 0 aliphatic rings. The van der Waals surface area contributed by atoms with Crippen molar-refractivity contribution in [3.05, 3.63) is 65.7 Å². The largest absolute Gasteiger partial charge is 0.350 e. The number of thioether (sulfide) groups is 1. The number of hydrogen-bond acceptors (Lipinski definition) is 5. The van der Waals surface area contributed by atoms with Gasteiger partial charge in [-0.1, -0.05) is 30.3 Å². The van der Waals surface area contributed by atoms with E-state index in [2.05, 4.69) is 15.4 Å². The molecule has 0 spiro atoms. The zero-order chi connectivity index (χ0) is 22.9. The van der Waals surface area contributed by atoms with Crippen LogP contribution in [0.5, 0.6) is 0 Å². The molecule has 0 aliphatic carbocycles. The first-order valence-electron chi connectivity index (χ1n) is 9.96. The van der Waals surface area contributed by atoms with Crippen LogP contribution >= 0.6 is 11.8 Å². The van der Waals surface area contributed by atoms with Gasteiger partial charge in [-0.2, -0.15) is 11.8 Å². The summed E-state index contributed by atoms with van der Waals surface area (Å²) in [5.41, 5.74) is 1.14. The van der Waals surface area contributed by atoms with Gasteiger partial charge in [0.25, 0.3) is 5.91 Å². The Kier molecular flexibility index (Phi) is 9.54.